The van der Waals surface area contributed by atoms with Crippen LogP contribution in [0.15, 0.2) is 0 Å². The maximum atomic E-state index is 4.83. The third kappa shape index (κ3) is 32.6. The number of hydrogen-bond donors (Lipinski definition) is 0. The molecule has 0 spiro atoms. The molecule has 0 nitrogen and oxygen atoms in total. The Morgan fingerprint density at radius 1 is 0.474 bits per heavy atom. The van der Waals surface area contributed by atoms with Gasteiger partial charge in [0.05, 0.1) is 0 Å². The minimum absolute atomic E-state index is 0. The fourth-order valence-corrected chi connectivity index (χ4v) is 2.17. The number of rotatable bonds is 12. The molecule has 0 aliphatic carbocycles. The summed E-state index contributed by atoms with van der Waals surface area (Å²) in [5, 5.41) is 0. The first-order valence-corrected chi connectivity index (χ1v) is 9.15. The molecular weight excluding hydrogens is 320 g/mol. The smallest absolute Gasteiger partial charge is 0.793 e. The summed E-state index contributed by atoms with van der Waals surface area (Å²) in [7, 11) is 0. The topological polar surface area (TPSA) is 0 Å². The van der Waals surface area contributed by atoms with Crippen LogP contribution < -0.4 is 0 Å². The molecule has 3 heteroatoms. The second-order valence-electron chi connectivity index (χ2n) is 4.94. The molecule has 0 unspecified atom stereocenters. The minimum atomic E-state index is 0. The molecule has 0 aromatic rings. The zero-order chi connectivity index (χ0) is 13.9. The van der Waals surface area contributed by atoms with Gasteiger partial charge in [-0.05, 0) is 0 Å². The van der Waals surface area contributed by atoms with Gasteiger partial charge in [-0.25, -0.2) is 0 Å². The average Bonchev–Trinajstić information content (AvgIpc) is 2.39. The summed E-state index contributed by atoms with van der Waals surface area (Å²) in [6, 6.07) is 0. The van der Waals surface area contributed by atoms with Crippen molar-refractivity contribution in [3.05, 3.63) is 0 Å². The summed E-state index contributed by atoms with van der Waals surface area (Å²) in [6.07, 6.45) is 16.3. The molecule has 0 heterocycles. The largest absolute Gasteiger partial charge is 2.00 e. The molecule has 0 N–H and O–H groups in total. The molecule has 121 valence electrons. The van der Waals surface area contributed by atoms with Crippen molar-refractivity contribution < 1.29 is 17.1 Å². The first kappa shape index (κ1) is 25.2. The van der Waals surface area contributed by atoms with Crippen molar-refractivity contribution in [2.45, 2.75) is 90.9 Å². The van der Waals surface area contributed by atoms with Crippen LogP contribution in [0.3, 0.4) is 0 Å². The first-order chi connectivity index (χ1) is 8.83. The molecule has 0 aromatic heterocycles. The van der Waals surface area contributed by atoms with Gasteiger partial charge in [0.25, 0.3) is 0 Å². The van der Waals surface area contributed by atoms with E-state index in [1.807, 2.05) is 0 Å². The third-order valence-electron chi connectivity index (χ3n) is 3.00. The van der Waals surface area contributed by atoms with E-state index in [9.17, 15) is 0 Å². The Bertz CT molecular complexity index is 95.3. The van der Waals surface area contributed by atoms with Gasteiger partial charge in [-0.2, -0.15) is 11.5 Å². The van der Waals surface area contributed by atoms with Gasteiger partial charge in [0.2, 0.25) is 0 Å². The van der Waals surface area contributed by atoms with Crippen LogP contribution >= 0.6 is 0 Å². The molecule has 0 atom stereocenters. The maximum absolute atomic E-state index is 4.83. The summed E-state index contributed by atoms with van der Waals surface area (Å²) in [5.74, 6) is 1.90. The van der Waals surface area contributed by atoms with Crippen LogP contribution in [0.2, 0.25) is 0 Å². The van der Waals surface area contributed by atoms with Crippen molar-refractivity contribution in [2.24, 2.45) is 0 Å². The third-order valence-corrected chi connectivity index (χ3v) is 3.57. The van der Waals surface area contributed by atoms with Crippen molar-refractivity contribution in [1.29, 1.82) is 0 Å². The molecule has 0 saturated heterocycles. The number of unbranched alkanes of at least 4 members (excludes halogenated alkanes) is 10. The Morgan fingerprint density at radius 2 is 0.737 bits per heavy atom. The van der Waals surface area contributed by atoms with E-state index in [-0.39, 0.29) is 17.1 Å². The SMILES string of the molecule is CCCCCCCC[S-].CCCCCCCC[S-].[Cu+2]. The molecule has 0 aliphatic heterocycles. The van der Waals surface area contributed by atoms with E-state index < -0.39 is 0 Å². The Morgan fingerprint density at radius 3 is 1.00 bits per heavy atom. The van der Waals surface area contributed by atoms with Gasteiger partial charge < -0.3 is 25.3 Å². The fourth-order valence-electron chi connectivity index (χ4n) is 1.76. The average molecular weight is 354 g/mol. The molecule has 0 aliphatic rings. The second-order valence-corrected chi connectivity index (χ2v) is 5.76. The van der Waals surface area contributed by atoms with Gasteiger partial charge in [0.15, 0.2) is 0 Å². The Labute approximate surface area is 144 Å². The van der Waals surface area contributed by atoms with Gasteiger partial charge in [-0.1, -0.05) is 90.9 Å². The Balaban J connectivity index is -0.000000256. The Kier molecular flexibility index (Phi) is 36.5. The molecule has 0 rings (SSSR count). The van der Waals surface area contributed by atoms with E-state index in [2.05, 4.69) is 13.8 Å². The van der Waals surface area contributed by atoms with Crippen LogP contribution in [0.1, 0.15) is 90.9 Å². The molecular formula is C16H34CuS2. The minimum Gasteiger partial charge on any atom is -0.793 e. The standard InChI is InChI=1S/2C8H18S.Cu/c2*1-2-3-4-5-6-7-8-9;/h2*9H,2-8H2,1H3;/q;;+2/p-2. The normalized spacial score (nSPS) is 9.47. The van der Waals surface area contributed by atoms with Gasteiger partial charge in [-0.15, -0.1) is 0 Å². The zero-order valence-corrected chi connectivity index (χ0v) is 15.6. The van der Waals surface area contributed by atoms with Gasteiger partial charge in [0.1, 0.15) is 0 Å². The van der Waals surface area contributed by atoms with E-state index in [0.717, 1.165) is 11.5 Å². The molecule has 19 heavy (non-hydrogen) atoms. The van der Waals surface area contributed by atoms with Gasteiger partial charge in [-0.3, -0.25) is 0 Å². The molecule has 1 radical (unpaired) electrons. The molecule has 0 fully saturated rings. The van der Waals surface area contributed by atoms with E-state index in [1.165, 1.54) is 77.0 Å². The predicted molar refractivity (Wildman–Crippen MR) is 91.2 cm³/mol. The summed E-state index contributed by atoms with van der Waals surface area (Å²) >= 11 is 9.66. The fraction of sp³-hybridized carbons (Fsp3) is 1.00. The predicted octanol–water partition coefficient (Wildman–Crippen LogP) is 5.79. The maximum Gasteiger partial charge on any atom is 2.00 e. The van der Waals surface area contributed by atoms with Crippen LogP contribution in [-0.4, -0.2) is 11.5 Å². The van der Waals surface area contributed by atoms with E-state index in [4.69, 9.17) is 25.3 Å². The second kappa shape index (κ2) is 27.5. The quantitative estimate of drug-likeness (QED) is 0.247. The van der Waals surface area contributed by atoms with Crippen LogP contribution in [-0.2, 0) is 42.3 Å². The summed E-state index contributed by atoms with van der Waals surface area (Å²) in [6.45, 7) is 4.49. The van der Waals surface area contributed by atoms with E-state index in [0.29, 0.717) is 0 Å². The van der Waals surface area contributed by atoms with Crippen LogP contribution in [0, 0.1) is 0 Å². The van der Waals surface area contributed by atoms with Crippen molar-refractivity contribution >= 4 is 25.3 Å². The van der Waals surface area contributed by atoms with Crippen molar-refractivity contribution in [1.82, 2.24) is 0 Å². The summed E-state index contributed by atoms with van der Waals surface area (Å²) < 4.78 is 0. The number of hydrogen-bond acceptors (Lipinski definition) is 2. The van der Waals surface area contributed by atoms with Crippen LogP contribution in [0.5, 0.6) is 0 Å². The van der Waals surface area contributed by atoms with Gasteiger partial charge in [0, 0.05) is 0 Å². The molecule has 0 saturated carbocycles. The summed E-state index contributed by atoms with van der Waals surface area (Å²) in [4.78, 5) is 0. The summed E-state index contributed by atoms with van der Waals surface area (Å²) in [5.41, 5.74) is 0. The van der Waals surface area contributed by atoms with Crippen molar-refractivity contribution in [2.75, 3.05) is 11.5 Å². The monoisotopic (exact) mass is 353 g/mol. The van der Waals surface area contributed by atoms with Gasteiger partial charge >= 0.3 is 17.1 Å². The van der Waals surface area contributed by atoms with Crippen molar-refractivity contribution in [3.8, 4) is 0 Å². The van der Waals surface area contributed by atoms with Crippen LogP contribution in [0.4, 0.5) is 0 Å². The van der Waals surface area contributed by atoms with Crippen molar-refractivity contribution in [3.63, 3.8) is 0 Å². The zero-order valence-electron chi connectivity index (χ0n) is 13.0. The van der Waals surface area contributed by atoms with E-state index in [1.54, 1.807) is 0 Å². The molecule has 0 amide bonds. The first-order valence-electron chi connectivity index (χ1n) is 7.99. The molecule has 0 aromatic carbocycles. The Hall–Kier alpha value is 1.22. The molecule has 0 bridgehead atoms. The van der Waals surface area contributed by atoms with Crippen LogP contribution in [0.25, 0.3) is 0 Å². The van der Waals surface area contributed by atoms with E-state index >= 15 is 0 Å².